The van der Waals surface area contributed by atoms with E-state index >= 15 is 0 Å². The van der Waals surface area contributed by atoms with Crippen molar-refractivity contribution in [3.8, 4) is 0 Å². The van der Waals surface area contributed by atoms with Crippen LogP contribution in [0.25, 0.3) is 0 Å². The van der Waals surface area contributed by atoms with Crippen LogP contribution < -0.4 is 0 Å². The maximum atomic E-state index is 11.4. The SMILES string of the molecule is CCC1(C(=O)O)CCCN(Cc2ncon2)C1. The van der Waals surface area contributed by atoms with Crippen molar-refractivity contribution in [3.05, 3.63) is 12.2 Å². The van der Waals surface area contributed by atoms with Gasteiger partial charge in [0.15, 0.2) is 5.82 Å². The predicted octanol–water partition coefficient (Wildman–Crippen LogP) is 1.15. The summed E-state index contributed by atoms with van der Waals surface area (Å²) in [4.78, 5) is 17.4. The molecule has 0 amide bonds. The highest BCUT2D eigenvalue weighted by molar-refractivity contribution is 5.75. The van der Waals surface area contributed by atoms with Gasteiger partial charge in [-0.25, -0.2) is 0 Å². The summed E-state index contributed by atoms with van der Waals surface area (Å²) >= 11 is 0. The summed E-state index contributed by atoms with van der Waals surface area (Å²) in [7, 11) is 0. The molecule has 1 aliphatic heterocycles. The zero-order valence-electron chi connectivity index (χ0n) is 9.93. The molecule has 0 aromatic carbocycles. The molecule has 0 spiro atoms. The molecule has 6 nitrogen and oxygen atoms in total. The van der Waals surface area contributed by atoms with E-state index < -0.39 is 11.4 Å². The van der Waals surface area contributed by atoms with E-state index in [0.717, 1.165) is 19.4 Å². The third kappa shape index (κ3) is 2.46. The van der Waals surface area contributed by atoms with Crippen LogP contribution >= 0.6 is 0 Å². The van der Waals surface area contributed by atoms with Gasteiger partial charge in [0.2, 0.25) is 6.39 Å². The van der Waals surface area contributed by atoms with Crippen LogP contribution in [-0.4, -0.2) is 39.2 Å². The van der Waals surface area contributed by atoms with Crippen LogP contribution in [0.5, 0.6) is 0 Å². The largest absolute Gasteiger partial charge is 0.481 e. The minimum Gasteiger partial charge on any atom is -0.481 e. The Morgan fingerprint density at radius 2 is 2.53 bits per heavy atom. The van der Waals surface area contributed by atoms with Crippen molar-refractivity contribution in [2.75, 3.05) is 13.1 Å². The molecular weight excluding hydrogens is 222 g/mol. The fourth-order valence-electron chi connectivity index (χ4n) is 2.44. The van der Waals surface area contributed by atoms with Crippen LogP contribution in [0.3, 0.4) is 0 Å². The summed E-state index contributed by atoms with van der Waals surface area (Å²) in [6, 6.07) is 0. The van der Waals surface area contributed by atoms with Gasteiger partial charge in [-0.05, 0) is 25.8 Å². The van der Waals surface area contributed by atoms with E-state index in [2.05, 4.69) is 19.6 Å². The Kier molecular flexibility index (Phi) is 3.42. The molecular formula is C11H17N3O3. The van der Waals surface area contributed by atoms with Gasteiger partial charge in [0.1, 0.15) is 0 Å². The predicted molar refractivity (Wildman–Crippen MR) is 59.2 cm³/mol. The number of piperidine rings is 1. The van der Waals surface area contributed by atoms with Crippen molar-refractivity contribution in [2.24, 2.45) is 5.41 Å². The lowest BCUT2D eigenvalue weighted by molar-refractivity contribution is -0.153. The number of carboxylic acid groups (broad SMARTS) is 1. The van der Waals surface area contributed by atoms with Crippen molar-refractivity contribution in [1.82, 2.24) is 15.0 Å². The topological polar surface area (TPSA) is 79.5 Å². The fraction of sp³-hybridized carbons (Fsp3) is 0.727. The molecule has 1 aromatic heterocycles. The summed E-state index contributed by atoms with van der Waals surface area (Å²) in [6.07, 6.45) is 3.61. The van der Waals surface area contributed by atoms with Crippen LogP contribution in [0.15, 0.2) is 10.9 Å². The number of likely N-dealkylation sites (tertiary alicyclic amines) is 1. The number of hydrogen-bond acceptors (Lipinski definition) is 5. The molecule has 1 aliphatic rings. The highest BCUT2D eigenvalue weighted by atomic mass is 16.5. The number of aromatic nitrogens is 2. The Labute approximate surface area is 99.6 Å². The Hall–Kier alpha value is -1.43. The number of nitrogens with zero attached hydrogens (tertiary/aromatic N) is 3. The summed E-state index contributed by atoms with van der Waals surface area (Å²) < 4.78 is 4.68. The minimum absolute atomic E-state index is 0.561. The Balaban J connectivity index is 2.03. The molecule has 0 aliphatic carbocycles. The van der Waals surface area contributed by atoms with Gasteiger partial charge in [-0.3, -0.25) is 9.69 Å². The maximum absolute atomic E-state index is 11.4. The molecule has 0 saturated carbocycles. The first-order chi connectivity index (χ1) is 8.16. The number of aliphatic carboxylic acids is 1. The Morgan fingerprint density at radius 3 is 3.12 bits per heavy atom. The van der Waals surface area contributed by atoms with Crippen LogP contribution in [0.4, 0.5) is 0 Å². The summed E-state index contributed by atoms with van der Waals surface area (Å²) in [6.45, 7) is 3.95. The second-order valence-electron chi connectivity index (χ2n) is 4.60. The van der Waals surface area contributed by atoms with Gasteiger partial charge in [0, 0.05) is 6.54 Å². The van der Waals surface area contributed by atoms with Crippen molar-refractivity contribution in [1.29, 1.82) is 0 Å². The highest BCUT2D eigenvalue weighted by Crippen LogP contribution is 2.33. The van der Waals surface area contributed by atoms with E-state index in [1.54, 1.807) is 0 Å². The molecule has 1 N–H and O–H groups in total. The Bertz CT molecular complexity index is 379. The van der Waals surface area contributed by atoms with Crippen molar-refractivity contribution < 1.29 is 14.4 Å². The second kappa shape index (κ2) is 4.83. The normalized spacial score (nSPS) is 25.9. The summed E-state index contributed by atoms with van der Waals surface area (Å²) in [5, 5.41) is 13.1. The van der Waals surface area contributed by atoms with Crippen LogP contribution in [0.1, 0.15) is 32.0 Å². The van der Waals surface area contributed by atoms with E-state index in [9.17, 15) is 9.90 Å². The van der Waals surface area contributed by atoms with E-state index in [0.29, 0.717) is 25.3 Å². The van der Waals surface area contributed by atoms with E-state index in [1.807, 2.05) is 6.92 Å². The van der Waals surface area contributed by atoms with Gasteiger partial charge in [-0.2, -0.15) is 4.98 Å². The van der Waals surface area contributed by atoms with Crippen LogP contribution in [-0.2, 0) is 11.3 Å². The fourth-order valence-corrected chi connectivity index (χ4v) is 2.44. The first-order valence-electron chi connectivity index (χ1n) is 5.87. The van der Waals surface area contributed by atoms with Gasteiger partial charge in [0.05, 0.1) is 12.0 Å². The first-order valence-corrected chi connectivity index (χ1v) is 5.87. The third-order valence-electron chi connectivity index (χ3n) is 3.56. The molecule has 1 aromatic rings. The minimum atomic E-state index is -0.696. The molecule has 2 heterocycles. The lowest BCUT2D eigenvalue weighted by Crippen LogP contribution is -2.47. The zero-order chi connectivity index (χ0) is 12.3. The lowest BCUT2D eigenvalue weighted by atomic mass is 9.77. The monoisotopic (exact) mass is 239 g/mol. The molecule has 1 saturated heterocycles. The summed E-state index contributed by atoms with van der Waals surface area (Å²) in [5.74, 6) is -0.0832. The van der Waals surface area contributed by atoms with Crippen LogP contribution in [0.2, 0.25) is 0 Å². The number of carbonyl (C=O) groups is 1. The molecule has 6 heteroatoms. The molecule has 1 fully saturated rings. The molecule has 1 unspecified atom stereocenters. The standard InChI is InChI=1S/C11H17N3O3/c1-2-11(10(15)16)4-3-5-14(7-11)6-9-12-8-17-13-9/h8H,2-7H2,1H3,(H,15,16). The van der Waals surface area contributed by atoms with E-state index in [1.165, 1.54) is 6.39 Å². The molecule has 94 valence electrons. The van der Waals surface area contributed by atoms with Gasteiger partial charge >= 0.3 is 5.97 Å². The smallest absolute Gasteiger partial charge is 0.310 e. The molecule has 2 rings (SSSR count). The van der Waals surface area contributed by atoms with Gasteiger partial charge < -0.3 is 9.63 Å². The van der Waals surface area contributed by atoms with E-state index in [4.69, 9.17) is 0 Å². The third-order valence-corrected chi connectivity index (χ3v) is 3.56. The lowest BCUT2D eigenvalue weighted by Gasteiger charge is -2.38. The molecule has 1 atom stereocenters. The van der Waals surface area contributed by atoms with Gasteiger partial charge in [-0.1, -0.05) is 12.1 Å². The number of rotatable bonds is 4. The van der Waals surface area contributed by atoms with Crippen molar-refractivity contribution >= 4 is 5.97 Å². The first kappa shape index (κ1) is 12.0. The second-order valence-corrected chi connectivity index (χ2v) is 4.60. The average molecular weight is 239 g/mol. The molecule has 0 radical (unpaired) electrons. The number of carboxylic acids is 1. The molecule has 0 bridgehead atoms. The Morgan fingerprint density at radius 1 is 1.71 bits per heavy atom. The number of hydrogen-bond donors (Lipinski definition) is 1. The average Bonchev–Trinajstić information content (AvgIpc) is 2.82. The van der Waals surface area contributed by atoms with Gasteiger partial charge in [-0.15, -0.1) is 0 Å². The van der Waals surface area contributed by atoms with Crippen molar-refractivity contribution in [2.45, 2.75) is 32.7 Å². The maximum Gasteiger partial charge on any atom is 0.310 e. The summed E-state index contributed by atoms with van der Waals surface area (Å²) in [5.41, 5.74) is -0.609. The zero-order valence-corrected chi connectivity index (χ0v) is 9.93. The highest BCUT2D eigenvalue weighted by Gasteiger charge is 2.40. The van der Waals surface area contributed by atoms with Gasteiger partial charge in [0.25, 0.3) is 0 Å². The quantitative estimate of drug-likeness (QED) is 0.849. The molecule has 17 heavy (non-hydrogen) atoms. The van der Waals surface area contributed by atoms with Crippen LogP contribution in [0, 0.1) is 5.41 Å². The van der Waals surface area contributed by atoms with Crippen molar-refractivity contribution in [3.63, 3.8) is 0 Å². The van der Waals surface area contributed by atoms with E-state index in [-0.39, 0.29) is 0 Å².